The van der Waals surface area contributed by atoms with Gasteiger partial charge in [-0.3, -0.25) is 14.9 Å². The number of carboxylic acid groups (broad SMARTS) is 1. The van der Waals surface area contributed by atoms with E-state index in [9.17, 15) is 19.7 Å². The van der Waals surface area contributed by atoms with Gasteiger partial charge in [-0.05, 0) is 25.0 Å². The number of amides is 2. The summed E-state index contributed by atoms with van der Waals surface area (Å²) >= 11 is 5.72. The molecule has 1 saturated heterocycles. The van der Waals surface area contributed by atoms with E-state index in [0.29, 0.717) is 19.4 Å². The summed E-state index contributed by atoms with van der Waals surface area (Å²) in [6, 6.07) is 3.53. The number of rotatable bonds is 3. The highest BCUT2D eigenvalue weighted by Gasteiger charge is 2.26. The highest BCUT2D eigenvalue weighted by molar-refractivity contribution is 6.32. The molecule has 0 bridgehead atoms. The topological polar surface area (TPSA) is 113 Å². The van der Waals surface area contributed by atoms with E-state index in [2.05, 4.69) is 5.32 Å². The molecule has 118 valence electrons. The molecule has 1 atom stereocenters. The summed E-state index contributed by atoms with van der Waals surface area (Å²) in [5, 5.41) is 21.9. The Hall–Kier alpha value is -2.35. The van der Waals surface area contributed by atoms with E-state index in [1.807, 2.05) is 0 Å². The second kappa shape index (κ2) is 6.61. The summed E-state index contributed by atoms with van der Waals surface area (Å²) in [7, 11) is 0. The summed E-state index contributed by atoms with van der Waals surface area (Å²) in [5.41, 5.74) is -0.170. The fraction of sp³-hybridized carbons (Fsp3) is 0.385. The summed E-state index contributed by atoms with van der Waals surface area (Å²) in [6.45, 7) is 0.717. The molecule has 0 saturated carbocycles. The molecule has 0 aliphatic carbocycles. The largest absolute Gasteiger partial charge is 0.465 e. The molecule has 2 amide bonds. The lowest BCUT2D eigenvalue weighted by Gasteiger charge is -2.32. The van der Waals surface area contributed by atoms with Crippen LogP contribution in [0.4, 0.5) is 10.5 Å². The molecule has 0 aromatic heterocycles. The van der Waals surface area contributed by atoms with Crippen molar-refractivity contribution in [2.24, 2.45) is 0 Å². The lowest BCUT2D eigenvalue weighted by molar-refractivity contribution is -0.384. The molecular weight excluding hydrogens is 314 g/mol. The summed E-state index contributed by atoms with van der Waals surface area (Å²) in [6.07, 6.45) is 0.171. The Labute approximate surface area is 130 Å². The van der Waals surface area contributed by atoms with Crippen molar-refractivity contribution in [2.45, 2.75) is 18.9 Å². The first kappa shape index (κ1) is 16.0. The van der Waals surface area contributed by atoms with Crippen LogP contribution in [0.25, 0.3) is 0 Å². The molecule has 1 unspecified atom stereocenters. The SMILES string of the molecule is O=C(O)NC1CCCN(C(=O)c2ccc(Cl)c([N+](=O)[O-])c2)C1. The van der Waals surface area contributed by atoms with E-state index < -0.39 is 11.0 Å². The third-order valence-corrected chi connectivity index (χ3v) is 3.75. The number of hydrogen-bond acceptors (Lipinski definition) is 4. The van der Waals surface area contributed by atoms with Crippen molar-refractivity contribution in [2.75, 3.05) is 13.1 Å². The monoisotopic (exact) mass is 327 g/mol. The maximum atomic E-state index is 12.4. The van der Waals surface area contributed by atoms with Gasteiger partial charge in [0.25, 0.3) is 11.6 Å². The van der Waals surface area contributed by atoms with Gasteiger partial charge >= 0.3 is 6.09 Å². The van der Waals surface area contributed by atoms with Crippen molar-refractivity contribution in [3.8, 4) is 0 Å². The molecular formula is C13H14ClN3O5. The first-order valence-corrected chi connectivity index (χ1v) is 6.99. The van der Waals surface area contributed by atoms with E-state index in [1.165, 1.54) is 17.0 Å². The van der Waals surface area contributed by atoms with Gasteiger partial charge in [-0.1, -0.05) is 11.6 Å². The number of piperidine rings is 1. The van der Waals surface area contributed by atoms with Crippen LogP contribution in [-0.4, -0.2) is 46.1 Å². The van der Waals surface area contributed by atoms with Crippen LogP contribution in [0.2, 0.25) is 5.02 Å². The van der Waals surface area contributed by atoms with Crippen LogP contribution in [0.15, 0.2) is 18.2 Å². The molecule has 1 heterocycles. The Morgan fingerprint density at radius 3 is 2.82 bits per heavy atom. The predicted molar refractivity (Wildman–Crippen MR) is 78.2 cm³/mol. The standard InChI is InChI=1S/C13H14ClN3O5/c14-10-4-3-8(6-11(10)17(21)22)12(18)16-5-1-2-9(7-16)15-13(19)20/h3-4,6,9,15H,1-2,5,7H2,(H,19,20). The number of likely N-dealkylation sites (tertiary alicyclic amines) is 1. The Bertz CT molecular complexity index is 622. The van der Waals surface area contributed by atoms with Crippen molar-refractivity contribution in [1.82, 2.24) is 10.2 Å². The molecule has 8 nitrogen and oxygen atoms in total. The number of nitro benzene ring substituents is 1. The zero-order valence-corrected chi connectivity index (χ0v) is 12.2. The Kier molecular flexibility index (Phi) is 4.81. The minimum absolute atomic E-state index is 0.0365. The zero-order chi connectivity index (χ0) is 16.3. The second-order valence-electron chi connectivity index (χ2n) is 4.96. The lowest BCUT2D eigenvalue weighted by atomic mass is 10.0. The van der Waals surface area contributed by atoms with E-state index >= 15 is 0 Å². The van der Waals surface area contributed by atoms with Crippen molar-refractivity contribution in [3.63, 3.8) is 0 Å². The first-order valence-electron chi connectivity index (χ1n) is 6.61. The molecule has 1 aromatic carbocycles. The van der Waals surface area contributed by atoms with Gasteiger partial charge in [0.1, 0.15) is 5.02 Å². The number of carbonyl (C=O) groups excluding carboxylic acids is 1. The number of halogens is 1. The van der Waals surface area contributed by atoms with Crippen LogP contribution in [0.1, 0.15) is 23.2 Å². The minimum Gasteiger partial charge on any atom is -0.465 e. The molecule has 1 aliphatic rings. The van der Waals surface area contributed by atoms with Crippen LogP contribution >= 0.6 is 11.6 Å². The molecule has 0 radical (unpaired) electrons. The van der Waals surface area contributed by atoms with Crippen LogP contribution < -0.4 is 5.32 Å². The van der Waals surface area contributed by atoms with Crippen molar-refractivity contribution < 1.29 is 19.6 Å². The molecule has 2 rings (SSSR count). The fourth-order valence-electron chi connectivity index (χ4n) is 2.42. The van der Waals surface area contributed by atoms with Crippen molar-refractivity contribution in [3.05, 3.63) is 38.9 Å². The Balaban J connectivity index is 2.15. The third-order valence-electron chi connectivity index (χ3n) is 3.43. The Morgan fingerprint density at radius 1 is 1.45 bits per heavy atom. The van der Waals surface area contributed by atoms with Gasteiger partial charge in [0.15, 0.2) is 0 Å². The number of carbonyl (C=O) groups is 2. The quantitative estimate of drug-likeness (QED) is 0.652. The normalized spacial score (nSPS) is 17.9. The number of nitrogens with one attached hydrogen (secondary N) is 1. The van der Waals surface area contributed by atoms with Gasteiger partial charge in [0.2, 0.25) is 0 Å². The van der Waals surface area contributed by atoms with Gasteiger partial charge in [-0.25, -0.2) is 4.79 Å². The second-order valence-corrected chi connectivity index (χ2v) is 5.37. The van der Waals surface area contributed by atoms with E-state index in [1.54, 1.807) is 0 Å². The van der Waals surface area contributed by atoms with E-state index in [4.69, 9.17) is 16.7 Å². The molecule has 1 aromatic rings. The number of nitrogens with zero attached hydrogens (tertiary/aromatic N) is 2. The average molecular weight is 328 g/mol. The smallest absolute Gasteiger partial charge is 0.404 e. The lowest BCUT2D eigenvalue weighted by Crippen LogP contribution is -2.49. The molecule has 9 heteroatoms. The van der Waals surface area contributed by atoms with Crippen LogP contribution in [0.3, 0.4) is 0 Å². The minimum atomic E-state index is -1.14. The predicted octanol–water partition coefficient (Wildman–Crippen LogP) is 2.12. The molecule has 1 fully saturated rings. The van der Waals surface area contributed by atoms with Gasteiger partial charge in [0.05, 0.1) is 4.92 Å². The molecule has 0 spiro atoms. The zero-order valence-electron chi connectivity index (χ0n) is 11.5. The van der Waals surface area contributed by atoms with Crippen LogP contribution in [-0.2, 0) is 0 Å². The van der Waals surface area contributed by atoms with Gasteiger partial charge in [-0.15, -0.1) is 0 Å². The third kappa shape index (κ3) is 3.64. The summed E-state index contributed by atoms with van der Waals surface area (Å²) in [5.74, 6) is -0.378. The maximum Gasteiger partial charge on any atom is 0.404 e. The van der Waals surface area contributed by atoms with Crippen LogP contribution in [0.5, 0.6) is 0 Å². The van der Waals surface area contributed by atoms with Crippen LogP contribution in [0, 0.1) is 10.1 Å². The molecule has 2 N–H and O–H groups in total. The maximum absolute atomic E-state index is 12.4. The average Bonchev–Trinajstić information content (AvgIpc) is 2.46. The van der Waals surface area contributed by atoms with Gasteiger partial charge in [0, 0.05) is 30.8 Å². The molecule has 1 aliphatic heterocycles. The summed E-state index contributed by atoms with van der Waals surface area (Å²) < 4.78 is 0. The number of hydrogen-bond donors (Lipinski definition) is 2. The number of nitro groups is 1. The molecule has 22 heavy (non-hydrogen) atoms. The highest BCUT2D eigenvalue weighted by atomic mass is 35.5. The van der Waals surface area contributed by atoms with Crippen molar-refractivity contribution >= 4 is 29.3 Å². The van der Waals surface area contributed by atoms with Gasteiger partial charge < -0.3 is 15.3 Å². The van der Waals surface area contributed by atoms with Crippen molar-refractivity contribution in [1.29, 1.82) is 0 Å². The highest BCUT2D eigenvalue weighted by Crippen LogP contribution is 2.26. The Morgan fingerprint density at radius 2 is 2.18 bits per heavy atom. The fourth-order valence-corrected chi connectivity index (χ4v) is 2.61. The number of benzene rings is 1. The van der Waals surface area contributed by atoms with E-state index in [-0.39, 0.29) is 34.8 Å². The summed E-state index contributed by atoms with van der Waals surface area (Å²) in [4.78, 5) is 34.8. The van der Waals surface area contributed by atoms with E-state index in [0.717, 1.165) is 6.07 Å². The first-order chi connectivity index (χ1) is 10.4. The van der Waals surface area contributed by atoms with Gasteiger partial charge in [-0.2, -0.15) is 0 Å².